The fourth-order valence-corrected chi connectivity index (χ4v) is 10.7. The molecule has 3 nitrogen and oxygen atoms in total. The van der Waals surface area contributed by atoms with Gasteiger partial charge in [0.25, 0.3) is 0 Å². The molecule has 1 aliphatic carbocycles. The van der Waals surface area contributed by atoms with Crippen molar-refractivity contribution >= 4 is 53.3 Å². The summed E-state index contributed by atoms with van der Waals surface area (Å²) < 4.78 is 4.80. The van der Waals surface area contributed by atoms with Crippen LogP contribution >= 0.6 is 11.3 Å². The summed E-state index contributed by atoms with van der Waals surface area (Å²) >= 11 is 1.83. The lowest BCUT2D eigenvalue weighted by Gasteiger charge is -2.34. The predicted molar refractivity (Wildman–Crippen MR) is 237 cm³/mol. The topological polar surface area (TPSA) is 30.7 Å². The molecule has 0 fully saturated rings. The Balaban J connectivity index is 1.17. The zero-order valence-electron chi connectivity index (χ0n) is 30.8. The second kappa shape index (κ2) is 12.4. The molecule has 12 rings (SSSR count). The van der Waals surface area contributed by atoms with Gasteiger partial charge < -0.3 is 0 Å². The summed E-state index contributed by atoms with van der Waals surface area (Å²) in [6, 6.07) is 72.5. The van der Waals surface area contributed by atoms with Gasteiger partial charge in [-0.05, 0) is 57.6 Å². The number of aromatic nitrogens is 3. The fourth-order valence-electron chi connectivity index (χ4n) is 9.51. The molecule has 8 aromatic carbocycles. The number of thiophene rings is 1. The highest BCUT2D eigenvalue weighted by Gasteiger charge is 2.46. The third kappa shape index (κ3) is 4.65. The van der Waals surface area contributed by atoms with Crippen LogP contribution in [0.25, 0.3) is 81.6 Å². The third-order valence-electron chi connectivity index (χ3n) is 11.9. The Hall–Kier alpha value is -7.14. The van der Waals surface area contributed by atoms with E-state index in [9.17, 15) is 0 Å². The number of rotatable bonds is 5. The Kier molecular flexibility index (Phi) is 7.01. The lowest BCUT2D eigenvalue weighted by molar-refractivity contribution is 0.769. The normalized spacial score (nSPS) is 13.1. The number of benzene rings is 8. The molecule has 0 saturated carbocycles. The van der Waals surface area contributed by atoms with E-state index in [1.54, 1.807) is 0 Å². The number of para-hydroxylation sites is 1. The molecule has 0 aliphatic heterocycles. The van der Waals surface area contributed by atoms with E-state index in [0.717, 1.165) is 33.5 Å². The van der Waals surface area contributed by atoms with Crippen LogP contribution in [0.5, 0.6) is 0 Å². The second-order valence-electron chi connectivity index (χ2n) is 14.9. The summed E-state index contributed by atoms with van der Waals surface area (Å²) in [7, 11) is 0. The van der Waals surface area contributed by atoms with Crippen LogP contribution in [0.15, 0.2) is 200 Å². The van der Waals surface area contributed by atoms with Gasteiger partial charge in [-0.3, -0.25) is 4.57 Å². The first kappa shape index (κ1) is 32.1. The van der Waals surface area contributed by atoms with Gasteiger partial charge >= 0.3 is 0 Å². The first-order valence-corrected chi connectivity index (χ1v) is 20.2. The number of fused-ring (bicyclic) bond motifs is 9. The zero-order chi connectivity index (χ0) is 37.5. The minimum Gasteiger partial charge on any atom is -0.278 e. The van der Waals surface area contributed by atoms with Crippen LogP contribution in [0.1, 0.15) is 22.3 Å². The molecule has 1 aliphatic rings. The van der Waals surface area contributed by atoms with E-state index in [2.05, 4.69) is 205 Å². The van der Waals surface area contributed by atoms with Gasteiger partial charge in [0.2, 0.25) is 5.95 Å². The van der Waals surface area contributed by atoms with E-state index in [1.165, 1.54) is 64.3 Å². The van der Waals surface area contributed by atoms with Crippen molar-refractivity contribution in [1.82, 2.24) is 14.5 Å². The Morgan fingerprint density at radius 1 is 0.404 bits per heavy atom. The van der Waals surface area contributed by atoms with E-state index in [1.807, 2.05) is 11.3 Å². The third-order valence-corrected chi connectivity index (χ3v) is 13.1. The van der Waals surface area contributed by atoms with E-state index in [4.69, 9.17) is 9.97 Å². The highest BCUT2D eigenvalue weighted by Crippen LogP contribution is 2.56. The highest BCUT2D eigenvalue weighted by molar-refractivity contribution is 7.26. The first-order valence-electron chi connectivity index (χ1n) is 19.4. The molecule has 0 saturated heterocycles. The second-order valence-corrected chi connectivity index (χ2v) is 15.9. The van der Waals surface area contributed by atoms with Crippen LogP contribution in [-0.2, 0) is 5.41 Å². The molecule has 3 heterocycles. The average Bonchev–Trinajstić information content (AvgIpc) is 3.93. The van der Waals surface area contributed by atoms with E-state index >= 15 is 0 Å². The van der Waals surface area contributed by atoms with E-state index in [0.29, 0.717) is 5.95 Å². The average molecular weight is 744 g/mol. The fraction of sp³-hybridized carbons (Fsp3) is 0.0189. The largest absolute Gasteiger partial charge is 0.278 e. The van der Waals surface area contributed by atoms with Gasteiger partial charge in [0.15, 0.2) is 0 Å². The molecule has 0 spiro atoms. The standard InChI is InChI=1S/C53H33N3S/c1-3-16-34(17-4-1)46-33-47(43-25-15-24-42-41-23-10-14-29-50(41)57-51(42)43)55-52(54-46)56-48-28-13-9-22-39(48)40-31-30-36(32-49(40)56)53(35-18-5-2-6-19-35)44-26-11-7-20-37(44)38-21-8-12-27-45(38)53/h1-33H. The van der Waals surface area contributed by atoms with Crippen LogP contribution in [0, 0.1) is 0 Å². The van der Waals surface area contributed by atoms with E-state index in [-0.39, 0.29) is 0 Å². The van der Waals surface area contributed by atoms with Crippen LogP contribution in [0.4, 0.5) is 0 Å². The van der Waals surface area contributed by atoms with Crippen LogP contribution in [0.2, 0.25) is 0 Å². The van der Waals surface area contributed by atoms with Crippen molar-refractivity contribution in [2.24, 2.45) is 0 Å². The van der Waals surface area contributed by atoms with Crippen molar-refractivity contribution in [3.05, 3.63) is 222 Å². The minimum atomic E-state index is -0.529. The van der Waals surface area contributed by atoms with Crippen LogP contribution in [-0.4, -0.2) is 14.5 Å². The molecule has 0 atom stereocenters. The van der Waals surface area contributed by atoms with Crippen LogP contribution in [0.3, 0.4) is 0 Å². The number of hydrogen-bond donors (Lipinski definition) is 0. The zero-order valence-corrected chi connectivity index (χ0v) is 31.6. The molecule has 4 heteroatoms. The van der Waals surface area contributed by atoms with Crippen molar-refractivity contribution in [3.63, 3.8) is 0 Å². The van der Waals surface area contributed by atoms with Crippen molar-refractivity contribution in [1.29, 1.82) is 0 Å². The summed E-state index contributed by atoms with van der Waals surface area (Å²) in [5, 5.41) is 4.86. The van der Waals surface area contributed by atoms with E-state index < -0.39 is 5.41 Å². The highest BCUT2D eigenvalue weighted by atomic mass is 32.1. The van der Waals surface area contributed by atoms with Gasteiger partial charge in [0.1, 0.15) is 0 Å². The lowest BCUT2D eigenvalue weighted by Crippen LogP contribution is -2.28. The summed E-state index contributed by atoms with van der Waals surface area (Å²) in [5.74, 6) is 0.647. The SMILES string of the molecule is c1ccc(-c2cc(-c3cccc4c3sc3ccccc34)nc(-n3c4ccccc4c4ccc(C5(c6ccccc6)c6ccccc6-c6ccccc65)cc43)n2)cc1. The molecule has 0 N–H and O–H groups in total. The maximum absolute atomic E-state index is 5.53. The van der Waals surface area contributed by atoms with Gasteiger partial charge in [-0.25, -0.2) is 9.97 Å². The molecule has 57 heavy (non-hydrogen) atoms. The summed E-state index contributed by atoms with van der Waals surface area (Å²) in [6.45, 7) is 0. The summed E-state index contributed by atoms with van der Waals surface area (Å²) in [4.78, 5) is 10.9. The molecule has 0 unspecified atom stereocenters. The van der Waals surface area contributed by atoms with Crippen molar-refractivity contribution < 1.29 is 0 Å². The van der Waals surface area contributed by atoms with Crippen molar-refractivity contribution in [2.45, 2.75) is 5.41 Å². The van der Waals surface area contributed by atoms with Crippen molar-refractivity contribution in [3.8, 4) is 39.6 Å². The molecular formula is C53H33N3S. The molecule has 11 aromatic rings. The Morgan fingerprint density at radius 3 is 1.79 bits per heavy atom. The molecule has 266 valence electrons. The maximum Gasteiger partial charge on any atom is 0.235 e. The maximum atomic E-state index is 5.53. The Bertz CT molecular complexity index is 3310. The van der Waals surface area contributed by atoms with Gasteiger partial charge in [0.05, 0.1) is 27.8 Å². The minimum absolute atomic E-state index is 0.529. The Morgan fingerprint density at radius 2 is 1.00 bits per heavy atom. The molecular weight excluding hydrogens is 711 g/mol. The number of nitrogens with zero attached hydrogens (tertiary/aromatic N) is 3. The quantitative estimate of drug-likeness (QED) is 0.176. The van der Waals surface area contributed by atoms with Gasteiger partial charge in [-0.1, -0.05) is 176 Å². The number of hydrogen-bond acceptors (Lipinski definition) is 3. The first-order chi connectivity index (χ1) is 28.3. The van der Waals surface area contributed by atoms with Gasteiger partial charge in [0, 0.05) is 42.1 Å². The smallest absolute Gasteiger partial charge is 0.235 e. The van der Waals surface area contributed by atoms with Gasteiger partial charge in [-0.15, -0.1) is 11.3 Å². The molecule has 3 aromatic heterocycles. The summed E-state index contributed by atoms with van der Waals surface area (Å²) in [6.07, 6.45) is 0. The molecule has 0 amide bonds. The van der Waals surface area contributed by atoms with Crippen molar-refractivity contribution in [2.75, 3.05) is 0 Å². The molecule has 0 radical (unpaired) electrons. The lowest BCUT2D eigenvalue weighted by atomic mass is 9.67. The predicted octanol–water partition coefficient (Wildman–Crippen LogP) is 13.6. The van der Waals surface area contributed by atoms with Gasteiger partial charge in [-0.2, -0.15) is 0 Å². The monoisotopic (exact) mass is 743 g/mol. The Labute approximate surface area is 333 Å². The summed E-state index contributed by atoms with van der Waals surface area (Å²) in [5.41, 5.74) is 13.1. The van der Waals surface area contributed by atoms with Crippen LogP contribution < -0.4 is 0 Å². The molecule has 0 bridgehead atoms.